The SMILES string of the molecule is [2H]C([2H])([2H])OC(=O)COc1ccc(Cl)cc1C. The van der Waals surface area contributed by atoms with Crippen LogP contribution in [0.3, 0.4) is 0 Å². The molecule has 0 saturated heterocycles. The standard InChI is InChI=1S/C10H11ClO3/c1-7-5-8(11)3-4-9(7)14-6-10(12)13-2/h3-5H,6H2,1-2H3/i2D3. The van der Waals surface area contributed by atoms with Gasteiger partial charge in [-0.15, -0.1) is 0 Å². The summed E-state index contributed by atoms with van der Waals surface area (Å²) in [6.07, 6.45) is 0. The average Bonchev–Trinajstić information content (AvgIpc) is 2.13. The highest BCUT2D eigenvalue weighted by molar-refractivity contribution is 6.30. The van der Waals surface area contributed by atoms with Gasteiger partial charge in [-0.2, -0.15) is 0 Å². The Morgan fingerprint density at radius 3 is 3.07 bits per heavy atom. The maximum Gasteiger partial charge on any atom is 0.343 e. The van der Waals surface area contributed by atoms with Crippen molar-refractivity contribution < 1.29 is 18.4 Å². The van der Waals surface area contributed by atoms with E-state index in [0.29, 0.717) is 10.8 Å². The second-order valence-corrected chi connectivity index (χ2v) is 3.11. The van der Waals surface area contributed by atoms with Crippen LogP contribution in [0.5, 0.6) is 5.75 Å². The topological polar surface area (TPSA) is 35.5 Å². The molecule has 1 aromatic carbocycles. The molecule has 0 aliphatic heterocycles. The van der Waals surface area contributed by atoms with Crippen molar-refractivity contribution in [2.24, 2.45) is 0 Å². The highest BCUT2D eigenvalue weighted by Crippen LogP contribution is 2.21. The summed E-state index contributed by atoms with van der Waals surface area (Å²) in [5, 5.41) is 0.555. The number of rotatable bonds is 3. The zero-order chi connectivity index (χ0) is 13.1. The van der Waals surface area contributed by atoms with Gasteiger partial charge in [-0.1, -0.05) is 11.6 Å². The molecule has 0 heterocycles. The van der Waals surface area contributed by atoms with Crippen LogP contribution in [0.2, 0.25) is 5.02 Å². The summed E-state index contributed by atoms with van der Waals surface area (Å²) in [7, 11) is -2.74. The fraction of sp³-hybridized carbons (Fsp3) is 0.300. The van der Waals surface area contributed by atoms with E-state index in [9.17, 15) is 4.79 Å². The molecule has 0 bridgehead atoms. The van der Waals surface area contributed by atoms with Gasteiger partial charge in [0.25, 0.3) is 0 Å². The quantitative estimate of drug-likeness (QED) is 0.729. The molecule has 1 rings (SSSR count). The maximum absolute atomic E-state index is 11.1. The first-order chi connectivity index (χ1) is 7.78. The van der Waals surface area contributed by atoms with Crippen LogP contribution in [-0.4, -0.2) is 19.6 Å². The Morgan fingerprint density at radius 1 is 1.64 bits per heavy atom. The molecular formula is C10H11ClO3. The number of benzene rings is 1. The van der Waals surface area contributed by atoms with Gasteiger partial charge in [0, 0.05) is 5.02 Å². The van der Waals surface area contributed by atoms with Crippen LogP contribution in [0.15, 0.2) is 18.2 Å². The van der Waals surface area contributed by atoms with Crippen LogP contribution in [-0.2, 0) is 9.53 Å². The molecule has 0 aliphatic rings. The van der Waals surface area contributed by atoms with Crippen molar-refractivity contribution in [1.82, 2.24) is 0 Å². The van der Waals surface area contributed by atoms with Crippen molar-refractivity contribution in [2.75, 3.05) is 13.6 Å². The number of hydrogen-bond acceptors (Lipinski definition) is 3. The first-order valence-electron chi connectivity index (χ1n) is 5.39. The maximum atomic E-state index is 11.1. The van der Waals surface area contributed by atoms with Crippen LogP contribution < -0.4 is 4.74 Å². The zero-order valence-corrected chi connectivity index (χ0v) is 8.30. The van der Waals surface area contributed by atoms with E-state index in [4.69, 9.17) is 20.5 Å². The molecular weight excluding hydrogens is 204 g/mol. The van der Waals surface area contributed by atoms with E-state index < -0.39 is 19.6 Å². The van der Waals surface area contributed by atoms with Crippen molar-refractivity contribution in [1.29, 1.82) is 0 Å². The Labute approximate surface area is 91.8 Å². The monoisotopic (exact) mass is 217 g/mol. The summed E-state index contributed by atoms with van der Waals surface area (Å²) >= 11 is 5.75. The van der Waals surface area contributed by atoms with Gasteiger partial charge in [0.05, 0.1) is 11.2 Å². The smallest absolute Gasteiger partial charge is 0.343 e. The largest absolute Gasteiger partial charge is 0.482 e. The lowest BCUT2D eigenvalue weighted by molar-refractivity contribution is -0.142. The molecule has 0 amide bonds. The number of esters is 1. The Balaban J connectivity index is 2.53. The minimum atomic E-state index is -2.74. The first kappa shape index (κ1) is 7.12. The number of methoxy groups -OCH3 is 1. The fourth-order valence-corrected chi connectivity index (χ4v) is 1.17. The Hall–Kier alpha value is -1.22. The van der Waals surface area contributed by atoms with Crippen LogP contribution in [0.25, 0.3) is 0 Å². The highest BCUT2D eigenvalue weighted by Gasteiger charge is 2.04. The Kier molecular flexibility index (Phi) is 2.47. The molecule has 0 fully saturated rings. The Bertz CT molecular complexity index is 418. The Morgan fingerprint density at radius 2 is 2.43 bits per heavy atom. The highest BCUT2D eigenvalue weighted by atomic mass is 35.5. The number of ether oxygens (including phenoxy) is 2. The molecule has 0 aromatic heterocycles. The third kappa shape index (κ3) is 2.92. The van der Waals surface area contributed by atoms with Gasteiger partial charge in [0.2, 0.25) is 0 Å². The van der Waals surface area contributed by atoms with E-state index in [2.05, 4.69) is 4.74 Å². The second-order valence-electron chi connectivity index (χ2n) is 2.67. The third-order valence-electron chi connectivity index (χ3n) is 1.60. The molecule has 14 heavy (non-hydrogen) atoms. The predicted octanol–water partition coefficient (Wildman–Crippen LogP) is 2.20. The van der Waals surface area contributed by atoms with E-state index in [1.54, 1.807) is 25.1 Å². The summed E-state index contributed by atoms with van der Waals surface area (Å²) in [5.41, 5.74) is 0.749. The number of hydrogen-bond donors (Lipinski definition) is 0. The van der Waals surface area contributed by atoms with E-state index in [1.165, 1.54) is 0 Å². The minimum absolute atomic E-state index is 0.455. The lowest BCUT2D eigenvalue weighted by Crippen LogP contribution is -2.12. The summed E-state index contributed by atoms with van der Waals surface area (Å²) in [4.78, 5) is 11.1. The molecule has 0 radical (unpaired) electrons. The third-order valence-corrected chi connectivity index (χ3v) is 1.83. The van der Waals surface area contributed by atoms with Crippen molar-refractivity contribution in [3.63, 3.8) is 0 Å². The summed E-state index contributed by atoms with van der Waals surface area (Å²) < 4.78 is 29.4. The summed E-state index contributed by atoms with van der Waals surface area (Å²) in [5.74, 6) is -0.490. The number of aryl methyl sites for hydroxylation is 1. The molecule has 0 spiro atoms. The minimum Gasteiger partial charge on any atom is -0.482 e. The van der Waals surface area contributed by atoms with Gasteiger partial charge in [-0.05, 0) is 30.7 Å². The zero-order valence-electron chi connectivity index (χ0n) is 10.5. The molecule has 0 unspecified atom stereocenters. The van der Waals surface area contributed by atoms with Crippen molar-refractivity contribution >= 4 is 17.6 Å². The average molecular weight is 218 g/mol. The molecule has 4 heteroatoms. The second kappa shape index (κ2) is 4.86. The fourth-order valence-electron chi connectivity index (χ4n) is 0.941. The molecule has 0 N–H and O–H groups in total. The molecule has 76 valence electrons. The van der Waals surface area contributed by atoms with Crippen LogP contribution in [0.1, 0.15) is 9.68 Å². The van der Waals surface area contributed by atoms with Gasteiger partial charge < -0.3 is 9.47 Å². The van der Waals surface area contributed by atoms with Gasteiger partial charge in [-0.3, -0.25) is 0 Å². The van der Waals surface area contributed by atoms with E-state index in [-0.39, 0.29) is 0 Å². The van der Waals surface area contributed by atoms with Gasteiger partial charge in [0.15, 0.2) is 6.61 Å². The van der Waals surface area contributed by atoms with Crippen LogP contribution in [0, 0.1) is 6.92 Å². The number of carbonyl (C=O) groups is 1. The van der Waals surface area contributed by atoms with Crippen LogP contribution >= 0.6 is 11.6 Å². The first-order valence-corrected chi connectivity index (χ1v) is 4.26. The molecule has 1 aromatic rings. The van der Waals surface area contributed by atoms with Gasteiger partial charge in [-0.25, -0.2) is 4.79 Å². The normalized spacial score (nSPS) is 13.7. The number of carbonyl (C=O) groups excluding carboxylic acids is 1. The molecule has 0 aliphatic carbocycles. The van der Waals surface area contributed by atoms with E-state index in [0.717, 1.165) is 5.56 Å². The predicted molar refractivity (Wildman–Crippen MR) is 53.7 cm³/mol. The molecule has 0 atom stereocenters. The van der Waals surface area contributed by atoms with Crippen LogP contribution in [0.4, 0.5) is 0 Å². The lowest BCUT2D eigenvalue weighted by atomic mass is 10.2. The van der Waals surface area contributed by atoms with E-state index in [1.807, 2.05) is 0 Å². The molecule has 3 nitrogen and oxygen atoms in total. The lowest BCUT2D eigenvalue weighted by Gasteiger charge is -2.07. The van der Waals surface area contributed by atoms with Crippen molar-refractivity contribution in [3.05, 3.63) is 28.8 Å². The molecule has 0 saturated carbocycles. The van der Waals surface area contributed by atoms with Crippen molar-refractivity contribution in [3.8, 4) is 5.75 Å². The van der Waals surface area contributed by atoms with E-state index >= 15 is 0 Å². The van der Waals surface area contributed by atoms with Gasteiger partial charge in [0.1, 0.15) is 5.75 Å². The van der Waals surface area contributed by atoms with Gasteiger partial charge >= 0.3 is 5.97 Å². The summed E-state index contributed by atoms with van der Waals surface area (Å²) in [6, 6.07) is 4.88. The summed E-state index contributed by atoms with van der Waals surface area (Å²) in [6.45, 7) is 1.30. The van der Waals surface area contributed by atoms with Crippen molar-refractivity contribution in [2.45, 2.75) is 6.92 Å². The number of halogens is 1.